The monoisotopic (exact) mass is 378 g/mol. The van der Waals surface area contributed by atoms with Crippen LogP contribution in [-0.4, -0.2) is 30.2 Å². The number of ether oxygens (including phenoxy) is 2. The third-order valence-electron chi connectivity index (χ3n) is 4.26. The van der Waals surface area contributed by atoms with E-state index in [0.29, 0.717) is 11.4 Å². The van der Waals surface area contributed by atoms with E-state index < -0.39 is 5.97 Å². The minimum absolute atomic E-state index is 0.0972. The van der Waals surface area contributed by atoms with Crippen LogP contribution in [0.5, 0.6) is 5.75 Å². The minimum atomic E-state index is -0.446. The highest BCUT2D eigenvalue weighted by Gasteiger charge is 2.08. The number of hydrogen-bond acceptors (Lipinski definition) is 4. The summed E-state index contributed by atoms with van der Waals surface area (Å²) in [6, 6.07) is 17.0. The molecule has 0 aliphatic heterocycles. The van der Waals surface area contributed by atoms with Gasteiger partial charge in [0, 0.05) is 23.8 Å². The van der Waals surface area contributed by atoms with Crippen molar-refractivity contribution in [3.63, 3.8) is 0 Å². The van der Waals surface area contributed by atoms with Gasteiger partial charge in [0.2, 0.25) is 5.91 Å². The number of anilines is 1. The zero-order valence-electron chi connectivity index (χ0n) is 15.8. The molecule has 0 radical (unpaired) electrons. The number of methoxy groups -OCH3 is 1. The molecule has 0 aliphatic carbocycles. The van der Waals surface area contributed by atoms with E-state index in [1.165, 1.54) is 7.11 Å². The second kappa shape index (κ2) is 8.90. The number of hydrogen-bond donors (Lipinski definition) is 1. The molecule has 1 heterocycles. The lowest BCUT2D eigenvalue weighted by molar-refractivity contribution is -0.142. The number of benzene rings is 2. The number of esters is 1. The Morgan fingerprint density at radius 2 is 1.75 bits per heavy atom. The molecular formula is C22H22N2O4. The quantitative estimate of drug-likeness (QED) is 0.639. The van der Waals surface area contributed by atoms with Gasteiger partial charge < -0.3 is 19.4 Å². The predicted molar refractivity (Wildman–Crippen MR) is 107 cm³/mol. The van der Waals surface area contributed by atoms with Gasteiger partial charge in [0.1, 0.15) is 5.75 Å². The fourth-order valence-corrected chi connectivity index (χ4v) is 2.74. The van der Waals surface area contributed by atoms with Crippen molar-refractivity contribution in [3.05, 3.63) is 78.1 Å². The normalized spacial score (nSPS) is 10.4. The van der Waals surface area contributed by atoms with Crippen LogP contribution in [-0.2, 0) is 20.7 Å². The van der Waals surface area contributed by atoms with Crippen molar-refractivity contribution >= 4 is 17.6 Å². The molecule has 1 aromatic heterocycles. The maximum atomic E-state index is 12.4. The van der Waals surface area contributed by atoms with Gasteiger partial charge in [0.05, 0.1) is 13.5 Å². The van der Waals surface area contributed by atoms with Crippen molar-refractivity contribution in [2.45, 2.75) is 13.3 Å². The highest BCUT2D eigenvalue weighted by Crippen LogP contribution is 2.22. The van der Waals surface area contributed by atoms with E-state index in [1.54, 1.807) is 18.2 Å². The van der Waals surface area contributed by atoms with Gasteiger partial charge in [-0.3, -0.25) is 4.79 Å². The standard InChI is InChI=1S/C22H22N2O4/c1-16-13-19(28-15-22(26)27-2)9-10-20(16)23-21(25)14-17-5-7-18(8-6-17)24-11-3-4-12-24/h3-13H,14-15H2,1-2H3,(H,23,25). The fourth-order valence-electron chi connectivity index (χ4n) is 2.74. The molecule has 2 aromatic carbocycles. The molecule has 0 bridgehead atoms. The first kappa shape index (κ1) is 19.2. The summed E-state index contributed by atoms with van der Waals surface area (Å²) < 4.78 is 11.9. The van der Waals surface area contributed by atoms with Gasteiger partial charge in [-0.1, -0.05) is 12.1 Å². The maximum absolute atomic E-state index is 12.4. The number of aromatic nitrogens is 1. The molecule has 0 fully saturated rings. The Hall–Kier alpha value is -3.54. The number of nitrogens with one attached hydrogen (secondary N) is 1. The molecule has 0 aliphatic rings. The van der Waals surface area contributed by atoms with Gasteiger partial charge >= 0.3 is 5.97 Å². The van der Waals surface area contributed by atoms with Crippen molar-refractivity contribution in [3.8, 4) is 11.4 Å². The fraction of sp³-hybridized carbons (Fsp3) is 0.182. The Morgan fingerprint density at radius 3 is 2.39 bits per heavy atom. The Morgan fingerprint density at radius 1 is 1.04 bits per heavy atom. The molecule has 0 unspecified atom stereocenters. The summed E-state index contributed by atoms with van der Waals surface area (Å²) in [4.78, 5) is 23.5. The van der Waals surface area contributed by atoms with Gasteiger partial charge in [-0.05, 0) is 60.5 Å². The van der Waals surface area contributed by atoms with Gasteiger partial charge in [-0.15, -0.1) is 0 Å². The number of rotatable bonds is 7. The summed E-state index contributed by atoms with van der Waals surface area (Å²) in [7, 11) is 1.31. The summed E-state index contributed by atoms with van der Waals surface area (Å²) in [6.07, 6.45) is 4.23. The minimum Gasteiger partial charge on any atom is -0.482 e. The van der Waals surface area contributed by atoms with Crippen LogP contribution in [0.4, 0.5) is 5.69 Å². The Kier molecular flexibility index (Phi) is 6.11. The van der Waals surface area contributed by atoms with E-state index in [0.717, 1.165) is 16.8 Å². The van der Waals surface area contributed by atoms with E-state index >= 15 is 0 Å². The molecule has 3 rings (SSSR count). The van der Waals surface area contributed by atoms with Gasteiger partial charge in [0.15, 0.2) is 6.61 Å². The average molecular weight is 378 g/mol. The summed E-state index contributed by atoms with van der Waals surface area (Å²) >= 11 is 0. The molecule has 1 N–H and O–H groups in total. The van der Waals surface area contributed by atoms with E-state index in [-0.39, 0.29) is 18.9 Å². The van der Waals surface area contributed by atoms with E-state index in [9.17, 15) is 9.59 Å². The Bertz CT molecular complexity index is 947. The van der Waals surface area contributed by atoms with E-state index in [2.05, 4.69) is 10.1 Å². The number of aryl methyl sites for hydroxylation is 1. The number of amides is 1. The third kappa shape index (κ3) is 5.01. The molecule has 6 heteroatoms. The van der Waals surface area contributed by atoms with Crippen molar-refractivity contribution in [2.75, 3.05) is 19.0 Å². The van der Waals surface area contributed by atoms with Crippen LogP contribution in [0.3, 0.4) is 0 Å². The van der Waals surface area contributed by atoms with Crippen LogP contribution < -0.4 is 10.1 Å². The van der Waals surface area contributed by atoms with Crippen LogP contribution in [0, 0.1) is 6.92 Å². The molecular weight excluding hydrogens is 356 g/mol. The SMILES string of the molecule is COC(=O)COc1ccc(NC(=O)Cc2ccc(-n3cccc3)cc2)c(C)c1. The van der Waals surface area contributed by atoms with Crippen molar-refractivity contribution in [1.82, 2.24) is 4.57 Å². The maximum Gasteiger partial charge on any atom is 0.343 e. The highest BCUT2D eigenvalue weighted by atomic mass is 16.6. The zero-order valence-corrected chi connectivity index (χ0v) is 15.8. The molecule has 0 saturated carbocycles. The topological polar surface area (TPSA) is 69.6 Å². The molecule has 6 nitrogen and oxygen atoms in total. The molecule has 0 spiro atoms. The third-order valence-corrected chi connectivity index (χ3v) is 4.26. The largest absolute Gasteiger partial charge is 0.482 e. The second-order valence-electron chi connectivity index (χ2n) is 6.32. The zero-order chi connectivity index (χ0) is 19.9. The molecule has 1 amide bonds. The Labute approximate surface area is 163 Å². The van der Waals surface area contributed by atoms with Crippen LogP contribution in [0.2, 0.25) is 0 Å². The predicted octanol–water partition coefficient (Wildman–Crippen LogP) is 3.52. The Balaban J connectivity index is 1.57. The van der Waals surface area contributed by atoms with Crippen LogP contribution in [0.25, 0.3) is 5.69 Å². The number of carbonyl (C=O) groups is 2. The first-order valence-corrected chi connectivity index (χ1v) is 8.87. The lowest BCUT2D eigenvalue weighted by Gasteiger charge is -2.11. The van der Waals surface area contributed by atoms with E-state index in [1.807, 2.05) is 60.3 Å². The number of nitrogens with zero attached hydrogens (tertiary/aromatic N) is 1. The van der Waals surface area contributed by atoms with Gasteiger partial charge in [-0.2, -0.15) is 0 Å². The van der Waals surface area contributed by atoms with Crippen molar-refractivity contribution in [2.24, 2.45) is 0 Å². The van der Waals surface area contributed by atoms with Crippen LogP contribution >= 0.6 is 0 Å². The first-order valence-electron chi connectivity index (χ1n) is 8.87. The summed E-state index contributed by atoms with van der Waals surface area (Å²) in [5.41, 5.74) is 3.54. The number of carbonyl (C=O) groups excluding carboxylic acids is 2. The van der Waals surface area contributed by atoms with E-state index in [4.69, 9.17) is 4.74 Å². The first-order chi connectivity index (χ1) is 13.5. The summed E-state index contributed by atoms with van der Waals surface area (Å²) in [5.74, 6) is -0.000584. The smallest absolute Gasteiger partial charge is 0.343 e. The van der Waals surface area contributed by atoms with Gasteiger partial charge in [0.25, 0.3) is 0 Å². The van der Waals surface area contributed by atoms with Crippen molar-refractivity contribution in [1.29, 1.82) is 0 Å². The molecule has 0 saturated heterocycles. The average Bonchev–Trinajstić information content (AvgIpc) is 3.23. The van der Waals surface area contributed by atoms with Crippen molar-refractivity contribution < 1.29 is 19.1 Å². The molecule has 0 atom stereocenters. The molecule has 28 heavy (non-hydrogen) atoms. The summed E-state index contributed by atoms with van der Waals surface area (Å²) in [6.45, 7) is 1.72. The van der Waals surface area contributed by atoms with Gasteiger partial charge in [-0.25, -0.2) is 4.79 Å². The lowest BCUT2D eigenvalue weighted by Crippen LogP contribution is -2.15. The second-order valence-corrected chi connectivity index (χ2v) is 6.32. The molecule has 144 valence electrons. The van der Waals surface area contributed by atoms with Crippen LogP contribution in [0.1, 0.15) is 11.1 Å². The lowest BCUT2D eigenvalue weighted by atomic mass is 10.1. The summed E-state index contributed by atoms with van der Waals surface area (Å²) in [5, 5.41) is 2.91. The van der Waals surface area contributed by atoms with Crippen LogP contribution in [0.15, 0.2) is 67.0 Å². The highest BCUT2D eigenvalue weighted by molar-refractivity contribution is 5.93. The molecule has 3 aromatic rings.